The van der Waals surface area contributed by atoms with Gasteiger partial charge in [0, 0.05) is 43.2 Å². The molecule has 1 aliphatic heterocycles. The molecule has 2 aromatic carbocycles. The second-order valence-electron chi connectivity index (χ2n) is 6.75. The minimum absolute atomic E-state index is 0.139. The minimum Gasteiger partial charge on any atom is -0.491 e. The Kier molecular flexibility index (Phi) is 6.66. The van der Waals surface area contributed by atoms with Crippen molar-refractivity contribution in [1.29, 1.82) is 5.41 Å². The number of amides is 2. The zero-order valence-electron chi connectivity index (χ0n) is 16.8. The van der Waals surface area contributed by atoms with Gasteiger partial charge < -0.3 is 25.7 Å². The SMILES string of the molecule is CN/C=C(\C=N)c1cccc(-c2ccc3c(c2)CN(C(=O)NC)CCO3)c1C(F)F. The quantitative estimate of drug-likeness (QED) is 0.647. The van der Waals surface area contributed by atoms with Crippen LogP contribution in [-0.2, 0) is 6.54 Å². The molecule has 0 saturated heterocycles. The maximum absolute atomic E-state index is 14.1. The maximum Gasteiger partial charge on any atom is 0.317 e. The second-order valence-corrected chi connectivity index (χ2v) is 6.75. The lowest BCUT2D eigenvalue weighted by molar-refractivity contribution is 0.152. The molecule has 0 bridgehead atoms. The Labute approximate surface area is 174 Å². The van der Waals surface area contributed by atoms with Gasteiger partial charge in [0.2, 0.25) is 0 Å². The number of nitrogens with zero attached hydrogens (tertiary/aromatic N) is 1. The third kappa shape index (κ3) is 4.27. The first kappa shape index (κ1) is 21.3. The Balaban J connectivity index is 2.11. The number of fused-ring (bicyclic) bond motifs is 1. The van der Waals surface area contributed by atoms with Crippen LogP contribution in [0.3, 0.4) is 0 Å². The normalized spacial score (nSPS) is 13.9. The van der Waals surface area contributed by atoms with Crippen molar-refractivity contribution in [2.75, 3.05) is 27.2 Å². The molecule has 0 saturated carbocycles. The van der Waals surface area contributed by atoms with Gasteiger partial charge in [-0.1, -0.05) is 24.3 Å². The van der Waals surface area contributed by atoms with Gasteiger partial charge in [-0.25, -0.2) is 13.6 Å². The van der Waals surface area contributed by atoms with Crippen molar-refractivity contribution < 1.29 is 18.3 Å². The molecule has 0 fully saturated rings. The van der Waals surface area contributed by atoms with Gasteiger partial charge in [-0.05, 0) is 28.8 Å². The summed E-state index contributed by atoms with van der Waals surface area (Å²) in [7, 11) is 3.21. The first-order valence-electron chi connectivity index (χ1n) is 9.52. The monoisotopic (exact) mass is 414 g/mol. The van der Waals surface area contributed by atoms with Crippen LogP contribution in [0.2, 0.25) is 0 Å². The second kappa shape index (κ2) is 9.39. The fourth-order valence-corrected chi connectivity index (χ4v) is 3.55. The average molecular weight is 414 g/mol. The number of carbonyl (C=O) groups excluding carboxylic acids is 1. The van der Waals surface area contributed by atoms with E-state index in [-0.39, 0.29) is 11.6 Å². The highest BCUT2D eigenvalue weighted by Crippen LogP contribution is 2.38. The van der Waals surface area contributed by atoms with Crippen LogP contribution in [-0.4, -0.2) is 44.4 Å². The lowest BCUT2D eigenvalue weighted by atomic mass is 9.91. The summed E-state index contributed by atoms with van der Waals surface area (Å²) in [6, 6.07) is 9.98. The molecule has 2 aromatic rings. The van der Waals surface area contributed by atoms with Crippen molar-refractivity contribution in [1.82, 2.24) is 15.5 Å². The van der Waals surface area contributed by atoms with Crippen LogP contribution in [0.1, 0.15) is 23.1 Å². The topological polar surface area (TPSA) is 77.5 Å². The summed E-state index contributed by atoms with van der Waals surface area (Å²) in [5, 5.41) is 13.0. The van der Waals surface area contributed by atoms with Gasteiger partial charge in [0.15, 0.2) is 0 Å². The zero-order chi connectivity index (χ0) is 21.7. The number of hydrogen-bond donors (Lipinski definition) is 3. The number of nitrogens with one attached hydrogen (secondary N) is 3. The molecule has 0 atom stereocenters. The van der Waals surface area contributed by atoms with Crippen molar-refractivity contribution >= 4 is 17.8 Å². The van der Waals surface area contributed by atoms with Crippen LogP contribution in [0, 0.1) is 5.41 Å². The van der Waals surface area contributed by atoms with E-state index in [1.165, 1.54) is 6.20 Å². The molecule has 0 aromatic heterocycles. The van der Waals surface area contributed by atoms with Crippen molar-refractivity contribution in [3.8, 4) is 16.9 Å². The molecule has 0 spiro atoms. The molecule has 30 heavy (non-hydrogen) atoms. The molecular weight excluding hydrogens is 390 g/mol. The zero-order valence-corrected chi connectivity index (χ0v) is 16.8. The standard InChI is InChI=1S/C22H24F2N4O2/c1-26-12-16(11-25)18-5-3-4-17(20(18)21(23)24)14-6-7-19-15(10-14)13-28(8-9-30-19)22(29)27-2/h3-7,10-12,21,25-26H,8-9,13H2,1-2H3,(H,27,29)/b16-12+,25-11?. The molecule has 3 N–H and O–H groups in total. The summed E-state index contributed by atoms with van der Waals surface area (Å²) in [6.45, 7) is 1.10. The van der Waals surface area contributed by atoms with E-state index >= 15 is 0 Å². The predicted octanol–water partition coefficient (Wildman–Crippen LogP) is 4.03. The number of ether oxygens (including phenoxy) is 1. The van der Waals surface area contributed by atoms with E-state index in [1.54, 1.807) is 55.4 Å². The summed E-state index contributed by atoms with van der Waals surface area (Å²) in [4.78, 5) is 13.7. The summed E-state index contributed by atoms with van der Waals surface area (Å²) < 4.78 is 34.0. The van der Waals surface area contributed by atoms with Crippen molar-refractivity contribution in [3.05, 3.63) is 59.3 Å². The molecule has 1 heterocycles. The van der Waals surface area contributed by atoms with Gasteiger partial charge in [-0.3, -0.25) is 0 Å². The van der Waals surface area contributed by atoms with E-state index in [9.17, 15) is 13.6 Å². The minimum atomic E-state index is -2.73. The predicted molar refractivity (Wildman–Crippen MR) is 113 cm³/mol. The first-order chi connectivity index (χ1) is 14.5. The highest BCUT2D eigenvalue weighted by Gasteiger charge is 2.23. The Morgan fingerprint density at radius 2 is 2.07 bits per heavy atom. The summed E-state index contributed by atoms with van der Waals surface area (Å²) >= 11 is 0. The maximum atomic E-state index is 14.1. The lowest BCUT2D eigenvalue weighted by Crippen LogP contribution is -2.38. The van der Waals surface area contributed by atoms with E-state index < -0.39 is 6.43 Å². The van der Waals surface area contributed by atoms with Crippen molar-refractivity contribution in [2.45, 2.75) is 13.0 Å². The Morgan fingerprint density at radius 3 is 2.73 bits per heavy atom. The van der Waals surface area contributed by atoms with Crippen LogP contribution in [0.15, 0.2) is 42.6 Å². The number of rotatable bonds is 5. The molecule has 2 amide bonds. The Morgan fingerprint density at radius 1 is 1.27 bits per heavy atom. The summed E-state index contributed by atoms with van der Waals surface area (Å²) in [6.07, 6.45) is -0.161. The molecule has 0 radical (unpaired) electrons. The first-order valence-corrected chi connectivity index (χ1v) is 9.52. The third-order valence-corrected chi connectivity index (χ3v) is 4.94. The van der Waals surface area contributed by atoms with Gasteiger partial charge in [-0.15, -0.1) is 0 Å². The van der Waals surface area contributed by atoms with Crippen molar-refractivity contribution in [2.24, 2.45) is 0 Å². The summed E-state index contributed by atoms with van der Waals surface area (Å²) in [5.41, 5.74) is 2.24. The van der Waals surface area contributed by atoms with Gasteiger partial charge in [0.05, 0.1) is 13.1 Å². The number of carbonyl (C=O) groups is 1. The molecule has 3 rings (SSSR count). The highest BCUT2D eigenvalue weighted by atomic mass is 19.3. The largest absolute Gasteiger partial charge is 0.491 e. The van der Waals surface area contributed by atoms with Gasteiger partial charge in [0.1, 0.15) is 12.4 Å². The molecule has 6 nitrogen and oxygen atoms in total. The summed E-state index contributed by atoms with van der Waals surface area (Å²) in [5.74, 6) is 0.634. The third-order valence-electron chi connectivity index (χ3n) is 4.94. The van der Waals surface area contributed by atoms with Crippen LogP contribution in [0.5, 0.6) is 5.75 Å². The molecule has 8 heteroatoms. The number of allylic oxidation sites excluding steroid dienone is 1. The molecule has 0 aliphatic carbocycles. The van der Waals surface area contributed by atoms with Crippen LogP contribution in [0.25, 0.3) is 16.7 Å². The van der Waals surface area contributed by atoms with Crippen LogP contribution < -0.4 is 15.4 Å². The molecule has 158 valence electrons. The number of alkyl halides is 2. The van der Waals surface area contributed by atoms with E-state index in [4.69, 9.17) is 10.1 Å². The Hall–Kier alpha value is -3.42. The fraction of sp³-hybridized carbons (Fsp3) is 0.273. The number of urea groups is 1. The van der Waals surface area contributed by atoms with Gasteiger partial charge >= 0.3 is 6.03 Å². The smallest absolute Gasteiger partial charge is 0.317 e. The van der Waals surface area contributed by atoms with E-state index in [0.717, 1.165) is 11.8 Å². The van der Waals surface area contributed by atoms with Crippen LogP contribution in [0.4, 0.5) is 13.6 Å². The molecule has 0 unspecified atom stereocenters. The number of benzene rings is 2. The van der Waals surface area contributed by atoms with Gasteiger partial charge in [0.25, 0.3) is 6.43 Å². The highest BCUT2D eigenvalue weighted by molar-refractivity contribution is 6.09. The Bertz CT molecular complexity index is 976. The molecular formula is C22H24F2N4O2. The van der Waals surface area contributed by atoms with E-state index in [2.05, 4.69) is 10.6 Å². The molecule has 1 aliphatic rings. The van der Waals surface area contributed by atoms with E-state index in [1.807, 2.05) is 0 Å². The number of hydrogen-bond acceptors (Lipinski definition) is 4. The lowest BCUT2D eigenvalue weighted by Gasteiger charge is -2.19. The van der Waals surface area contributed by atoms with Gasteiger partial charge in [-0.2, -0.15) is 0 Å². The van der Waals surface area contributed by atoms with Crippen LogP contribution >= 0.6 is 0 Å². The average Bonchev–Trinajstić information content (AvgIpc) is 2.98. The van der Waals surface area contributed by atoms with E-state index in [0.29, 0.717) is 47.7 Å². The fourth-order valence-electron chi connectivity index (χ4n) is 3.55. The van der Waals surface area contributed by atoms with Crippen molar-refractivity contribution in [3.63, 3.8) is 0 Å². The number of halogens is 2.